The van der Waals surface area contributed by atoms with E-state index in [9.17, 15) is 9.59 Å². The third kappa shape index (κ3) is 2.99. The smallest absolute Gasteiger partial charge is 0.244 e. The largest absolute Gasteiger partial charge is 0.350 e. The summed E-state index contributed by atoms with van der Waals surface area (Å²) in [5, 5.41) is 2.95. The first-order valence-electron chi connectivity index (χ1n) is 6.80. The number of amides is 2. The van der Waals surface area contributed by atoms with Gasteiger partial charge in [-0.2, -0.15) is 0 Å². The van der Waals surface area contributed by atoms with E-state index >= 15 is 0 Å². The number of hydrogen-bond donors (Lipinski definition) is 2. The SMILES string of the molecule is CN1CC(NC(=O)C(C)(N)c2ccccc2)CCC1=O. The second kappa shape index (κ2) is 5.63. The average Bonchev–Trinajstić information content (AvgIpc) is 2.44. The van der Waals surface area contributed by atoms with Crippen LogP contribution in [0.15, 0.2) is 30.3 Å². The van der Waals surface area contributed by atoms with E-state index in [4.69, 9.17) is 5.73 Å². The normalized spacial score (nSPS) is 22.2. The van der Waals surface area contributed by atoms with Crippen LogP contribution in [0.3, 0.4) is 0 Å². The van der Waals surface area contributed by atoms with Gasteiger partial charge >= 0.3 is 0 Å². The third-order valence-corrected chi connectivity index (χ3v) is 3.81. The Bertz CT molecular complexity index is 499. The van der Waals surface area contributed by atoms with Gasteiger partial charge in [0.2, 0.25) is 11.8 Å². The molecule has 2 unspecified atom stereocenters. The molecule has 2 rings (SSSR count). The van der Waals surface area contributed by atoms with E-state index in [2.05, 4.69) is 5.32 Å². The van der Waals surface area contributed by atoms with E-state index in [1.165, 1.54) is 0 Å². The van der Waals surface area contributed by atoms with Gasteiger partial charge in [-0.1, -0.05) is 30.3 Å². The van der Waals surface area contributed by atoms with Crippen LogP contribution in [0, 0.1) is 0 Å². The number of piperidine rings is 1. The number of likely N-dealkylation sites (tertiary alicyclic amines) is 1. The molecule has 3 N–H and O–H groups in total. The molecule has 0 spiro atoms. The highest BCUT2D eigenvalue weighted by atomic mass is 16.2. The van der Waals surface area contributed by atoms with E-state index in [0.29, 0.717) is 19.4 Å². The molecule has 1 aromatic rings. The molecule has 1 saturated heterocycles. The molecule has 1 heterocycles. The number of rotatable bonds is 3. The molecule has 2 amide bonds. The Balaban J connectivity index is 2.03. The summed E-state index contributed by atoms with van der Waals surface area (Å²) in [5.41, 5.74) is 5.88. The minimum absolute atomic E-state index is 0.0308. The molecular weight excluding hydrogens is 254 g/mol. The number of benzene rings is 1. The lowest BCUT2D eigenvalue weighted by Crippen LogP contribution is -2.55. The monoisotopic (exact) mass is 275 g/mol. The van der Waals surface area contributed by atoms with Crippen LogP contribution in [0.25, 0.3) is 0 Å². The first kappa shape index (κ1) is 14.5. The highest BCUT2D eigenvalue weighted by Gasteiger charge is 2.33. The van der Waals surface area contributed by atoms with Gasteiger partial charge in [0.25, 0.3) is 0 Å². The fraction of sp³-hybridized carbons (Fsp3) is 0.467. The Morgan fingerprint density at radius 2 is 2.05 bits per heavy atom. The van der Waals surface area contributed by atoms with Crippen LogP contribution in [0.2, 0.25) is 0 Å². The number of carbonyl (C=O) groups excluding carboxylic acids is 2. The maximum Gasteiger partial charge on any atom is 0.244 e. The van der Waals surface area contributed by atoms with Crippen LogP contribution in [0.5, 0.6) is 0 Å². The maximum absolute atomic E-state index is 12.4. The minimum Gasteiger partial charge on any atom is -0.350 e. The molecule has 0 aromatic heterocycles. The molecule has 5 heteroatoms. The number of nitrogens with one attached hydrogen (secondary N) is 1. The van der Waals surface area contributed by atoms with Gasteiger partial charge in [-0.15, -0.1) is 0 Å². The lowest BCUT2D eigenvalue weighted by atomic mass is 9.91. The highest BCUT2D eigenvalue weighted by Crippen LogP contribution is 2.19. The van der Waals surface area contributed by atoms with Crippen molar-refractivity contribution in [2.24, 2.45) is 5.73 Å². The molecule has 1 aromatic carbocycles. The second-order valence-electron chi connectivity index (χ2n) is 5.55. The van der Waals surface area contributed by atoms with Crippen molar-refractivity contribution in [1.82, 2.24) is 10.2 Å². The topological polar surface area (TPSA) is 75.4 Å². The first-order chi connectivity index (χ1) is 9.41. The number of nitrogens with zero attached hydrogens (tertiary/aromatic N) is 1. The quantitative estimate of drug-likeness (QED) is 0.848. The fourth-order valence-corrected chi connectivity index (χ4v) is 2.38. The zero-order valence-electron chi connectivity index (χ0n) is 11.9. The van der Waals surface area contributed by atoms with E-state index in [0.717, 1.165) is 5.56 Å². The molecule has 5 nitrogen and oxygen atoms in total. The van der Waals surface area contributed by atoms with Crippen molar-refractivity contribution in [2.75, 3.05) is 13.6 Å². The van der Waals surface area contributed by atoms with E-state index in [-0.39, 0.29) is 17.9 Å². The number of hydrogen-bond acceptors (Lipinski definition) is 3. The summed E-state index contributed by atoms with van der Waals surface area (Å²) in [4.78, 5) is 25.5. The van der Waals surface area contributed by atoms with Crippen molar-refractivity contribution >= 4 is 11.8 Å². The lowest BCUT2D eigenvalue weighted by molar-refractivity contribution is -0.134. The van der Waals surface area contributed by atoms with Crippen LogP contribution < -0.4 is 11.1 Å². The molecule has 1 aliphatic rings. The Labute approximate surface area is 119 Å². The lowest BCUT2D eigenvalue weighted by Gasteiger charge is -2.33. The van der Waals surface area contributed by atoms with E-state index in [1.54, 1.807) is 18.9 Å². The number of likely N-dealkylation sites (N-methyl/N-ethyl adjacent to an activating group) is 1. The van der Waals surface area contributed by atoms with E-state index in [1.807, 2.05) is 30.3 Å². The van der Waals surface area contributed by atoms with Gasteiger partial charge < -0.3 is 16.0 Å². The van der Waals surface area contributed by atoms with Gasteiger partial charge in [0, 0.05) is 26.1 Å². The molecule has 0 aliphatic carbocycles. The van der Waals surface area contributed by atoms with Crippen molar-refractivity contribution < 1.29 is 9.59 Å². The van der Waals surface area contributed by atoms with E-state index < -0.39 is 5.54 Å². The van der Waals surface area contributed by atoms with Crippen LogP contribution in [0.4, 0.5) is 0 Å². The fourth-order valence-electron chi connectivity index (χ4n) is 2.38. The highest BCUT2D eigenvalue weighted by molar-refractivity contribution is 5.87. The van der Waals surface area contributed by atoms with Crippen LogP contribution in [-0.2, 0) is 15.1 Å². The van der Waals surface area contributed by atoms with Crippen molar-refractivity contribution in [3.05, 3.63) is 35.9 Å². The predicted octanol–water partition coefficient (Wildman–Crippen LogP) is 0.598. The van der Waals surface area contributed by atoms with Crippen molar-refractivity contribution in [2.45, 2.75) is 31.3 Å². The Morgan fingerprint density at radius 3 is 2.65 bits per heavy atom. The summed E-state index contributed by atoms with van der Waals surface area (Å²) in [6, 6.07) is 9.27. The van der Waals surface area contributed by atoms with Crippen molar-refractivity contribution in [1.29, 1.82) is 0 Å². The molecule has 0 bridgehead atoms. The zero-order valence-corrected chi connectivity index (χ0v) is 11.9. The molecule has 0 radical (unpaired) electrons. The van der Waals surface area contributed by atoms with Gasteiger partial charge in [0.05, 0.1) is 0 Å². The maximum atomic E-state index is 12.4. The molecule has 1 fully saturated rings. The van der Waals surface area contributed by atoms with Crippen LogP contribution >= 0.6 is 0 Å². The molecule has 20 heavy (non-hydrogen) atoms. The molecule has 0 saturated carbocycles. The summed E-state index contributed by atoms with van der Waals surface area (Å²) in [5.74, 6) is -0.0921. The minimum atomic E-state index is -1.07. The van der Waals surface area contributed by atoms with Gasteiger partial charge in [0.1, 0.15) is 5.54 Å². The van der Waals surface area contributed by atoms with Crippen molar-refractivity contribution in [3.8, 4) is 0 Å². The Hall–Kier alpha value is -1.88. The van der Waals surface area contributed by atoms with Crippen molar-refractivity contribution in [3.63, 3.8) is 0 Å². The number of carbonyl (C=O) groups is 2. The Kier molecular flexibility index (Phi) is 4.09. The molecule has 1 aliphatic heterocycles. The van der Waals surface area contributed by atoms with Gasteiger partial charge in [-0.05, 0) is 18.9 Å². The Morgan fingerprint density at radius 1 is 1.40 bits per heavy atom. The summed E-state index contributed by atoms with van der Waals surface area (Å²) in [6.07, 6.45) is 1.13. The number of nitrogens with two attached hydrogens (primary N) is 1. The molecule has 2 atom stereocenters. The average molecular weight is 275 g/mol. The molecule has 108 valence electrons. The summed E-state index contributed by atoms with van der Waals surface area (Å²) in [7, 11) is 1.75. The molecular formula is C15H21N3O2. The van der Waals surface area contributed by atoms with Gasteiger partial charge in [0.15, 0.2) is 0 Å². The van der Waals surface area contributed by atoms with Crippen LogP contribution in [-0.4, -0.2) is 36.3 Å². The standard InChI is InChI=1S/C15H21N3O2/c1-15(16,11-6-4-3-5-7-11)14(20)17-12-8-9-13(19)18(2)10-12/h3-7,12H,8-10,16H2,1-2H3,(H,17,20). The second-order valence-corrected chi connectivity index (χ2v) is 5.55. The first-order valence-corrected chi connectivity index (χ1v) is 6.80. The summed E-state index contributed by atoms with van der Waals surface area (Å²) < 4.78 is 0. The summed E-state index contributed by atoms with van der Waals surface area (Å²) in [6.45, 7) is 2.24. The third-order valence-electron chi connectivity index (χ3n) is 3.81. The summed E-state index contributed by atoms with van der Waals surface area (Å²) >= 11 is 0. The predicted molar refractivity (Wildman–Crippen MR) is 76.8 cm³/mol. The zero-order chi connectivity index (χ0) is 14.8. The van der Waals surface area contributed by atoms with Gasteiger partial charge in [-0.3, -0.25) is 9.59 Å². The van der Waals surface area contributed by atoms with Crippen LogP contribution in [0.1, 0.15) is 25.3 Å². The van der Waals surface area contributed by atoms with Gasteiger partial charge in [-0.25, -0.2) is 0 Å².